The average molecular weight is 257 g/mol. The fourth-order valence-electron chi connectivity index (χ4n) is 1.60. The first-order valence-corrected chi connectivity index (χ1v) is 5.66. The Morgan fingerprint density at radius 2 is 1.95 bits per heavy atom. The Morgan fingerprint density at radius 1 is 1.21 bits per heavy atom. The van der Waals surface area contributed by atoms with Crippen LogP contribution in [0.4, 0.5) is 4.39 Å². The van der Waals surface area contributed by atoms with Crippen LogP contribution in [0.2, 0.25) is 0 Å². The average Bonchev–Trinajstić information content (AvgIpc) is 2.46. The molecule has 0 bridgehead atoms. The predicted molar refractivity (Wildman–Crippen MR) is 70.9 cm³/mol. The molecule has 0 aliphatic rings. The van der Waals surface area contributed by atoms with Gasteiger partial charge in [-0.2, -0.15) is 0 Å². The van der Waals surface area contributed by atoms with E-state index in [0.717, 1.165) is 5.56 Å². The van der Waals surface area contributed by atoms with Gasteiger partial charge in [-0.05, 0) is 23.8 Å². The van der Waals surface area contributed by atoms with E-state index in [9.17, 15) is 9.18 Å². The fourth-order valence-corrected chi connectivity index (χ4v) is 1.60. The summed E-state index contributed by atoms with van der Waals surface area (Å²) in [4.78, 5) is 15.5. The van der Waals surface area contributed by atoms with Crippen LogP contribution in [0.15, 0.2) is 42.7 Å². The van der Waals surface area contributed by atoms with Crippen LogP contribution in [-0.2, 0) is 4.74 Å². The van der Waals surface area contributed by atoms with Crippen LogP contribution < -0.4 is 0 Å². The second-order valence-corrected chi connectivity index (χ2v) is 3.84. The number of esters is 1. The smallest absolute Gasteiger partial charge is 0.338 e. The summed E-state index contributed by atoms with van der Waals surface area (Å²) in [6.07, 6.45) is 6.63. The van der Waals surface area contributed by atoms with Gasteiger partial charge in [-0.1, -0.05) is 24.3 Å². The lowest BCUT2D eigenvalue weighted by molar-refractivity contribution is 0.0600. The summed E-state index contributed by atoms with van der Waals surface area (Å²) in [7, 11) is 1.33. The zero-order valence-electron chi connectivity index (χ0n) is 10.3. The molecule has 0 fully saturated rings. The van der Waals surface area contributed by atoms with Crippen LogP contribution in [0.3, 0.4) is 0 Å². The predicted octanol–water partition coefficient (Wildman–Crippen LogP) is 3.18. The number of methoxy groups -OCH3 is 1. The minimum absolute atomic E-state index is 0.284. The molecule has 3 nitrogen and oxygen atoms in total. The molecule has 2 rings (SSSR count). The molecular weight excluding hydrogens is 245 g/mol. The molecular formula is C15H12FNO2. The number of hydrogen-bond donors (Lipinski definition) is 0. The summed E-state index contributed by atoms with van der Waals surface area (Å²) in [5.74, 6) is -0.699. The van der Waals surface area contributed by atoms with Crippen LogP contribution in [0.5, 0.6) is 0 Å². The Morgan fingerprint density at radius 3 is 2.63 bits per heavy atom. The minimum atomic E-state index is -0.416. The molecule has 0 radical (unpaired) electrons. The van der Waals surface area contributed by atoms with E-state index in [0.29, 0.717) is 11.1 Å². The van der Waals surface area contributed by atoms with E-state index in [1.165, 1.54) is 25.4 Å². The Hall–Kier alpha value is -2.49. The van der Waals surface area contributed by atoms with Gasteiger partial charge in [0.1, 0.15) is 5.82 Å². The highest BCUT2D eigenvalue weighted by Gasteiger charge is 2.08. The maximum absolute atomic E-state index is 12.8. The van der Waals surface area contributed by atoms with Gasteiger partial charge < -0.3 is 4.74 Å². The van der Waals surface area contributed by atoms with Crippen LogP contribution >= 0.6 is 0 Å². The number of aromatic nitrogens is 1. The van der Waals surface area contributed by atoms with Gasteiger partial charge >= 0.3 is 5.97 Å². The van der Waals surface area contributed by atoms with Crippen molar-refractivity contribution in [1.29, 1.82) is 0 Å². The number of hydrogen-bond acceptors (Lipinski definition) is 3. The summed E-state index contributed by atoms with van der Waals surface area (Å²) < 4.78 is 17.5. The van der Waals surface area contributed by atoms with Crippen molar-refractivity contribution >= 4 is 18.1 Å². The molecule has 0 aliphatic carbocycles. The highest BCUT2D eigenvalue weighted by Crippen LogP contribution is 2.13. The fraction of sp³-hybridized carbons (Fsp3) is 0.0667. The second kappa shape index (κ2) is 5.91. The Labute approximate surface area is 110 Å². The van der Waals surface area contributed by atoms with Crippen molar-refractivity contribution in [2.24, 2.45) is 0 Å². The quantitative estimate of drug-likeness (QED) is 0.793. The van der Waals surface area contributed by atoms with Gasteiger partial charge in [0.2, 0.25) is 0 Å². The summed E-state index contributed by atoms with van der Waals surface area (Å²) in [6, 6.07) is 7.66. The molecule has 0 amide bonds. The van der Waals surface area contributed by atoms with Gasteiger partial charge in [-0.25, -0.2) is 9.18 Å². The molecule has 0 N–H and O–H groups in total. The van der Waals surface area contributed by atoms with E-state index >= 15 is 0 Å². The maximum Gasteiger partial charge on any atom is 0.338 e. The minimum Gasteiger partial charge on any atom is -0.465 e. The third-order valence-electron chi connectivity index (χ3n) is 2.58. The van der Waals surface area contributed by atoms with E-state index in [2.05, 4.69) is 4.98 Å². The molecule has 1 aromatic heterocycles. The van der Waals surface area contributed by atoms with Gasteiger partial charge in [0, 0.05) is 18.0 Å². The first-order valence-electron chi connectivity index (χ1n) is 5.66. The molecule has 2 aromatic rings. The molecule has 0 aliphatic heterocycles. The highest BCUT2D eigenvalue weighted by molar-refractivity contribution is 5.94. The van der Waals surface area contributed by atoms with Crippen molar-refractivity contribution in [3.63, 3.8) is 0 Å². The van der Waals surface area contributed by atoms with Crippen LogP contribution in [-0.4, -0.2) is 18.1 Å². The number of pyridine rings is 1. The SMILES string of the molecule is COC(=O)c1ccncc1/C=C/c1ccc(F)cc1. The number of carbonyl (C=O) groups excluding carboxylic acids is 1. The van der Waals surface area contributed by atoms with Gasteiger partial charge in [-0.3, -0.25) is 4.98 Å². The lowest BCUT2D eigenvalue weighted by Crippen LogP contribution is -2.03. The van der Waals surface area contributed by atoms with E-state index < -0.39 is 5.97 Å². The molecule has 4 heteroatoms. The molecule has 0 spiro atoms. The number of carbonyl (C=O) groups is 1. The number of benzene rings is 1. The van der Waals surface area contributed by atoms with E-state index in [1.54, 1.807) is 36.5 Å². The molecule has 19 heavy (non-hydrogen) atoms. The highest BCUT2D eigenvalue weighted by atomic mass is 19.1. The molecule has 0 saturated carbocycles. The van der Waals surface area contributed by atoms with Crippen LogP contribution in [0.1, 0.15) is 21.5 Å². The molecule has 0 unspecified atom stereocenters. The van der Waals surface area contributed by atoms with Crippen molar-refractivity contribution in [2.75, 3.05) is 7.11 Å². The van der Waals surface area contributed by atoms with Crippen molar-refractivity contribution in [3.8, 4) is 0 Å². The first kappa shape index (κ1) is 13.0. The van der Waals surface area contributed by atoms with Crippen molar-refractivity contribution in [1.82, 2.24) is 4.98 Å². The van der Waals surface area contributed by atoms with Crippen molar-refractivity contribution < 1.29 is 13.9 Å². The van der Waals surface area contributed by atoms with Crippen molar-refractivity contribution in [3.05, 3.63) is 65.2 Å². The van der Waals surface area contributed by atoms with E-state index in [1.807, 2.05) is 0 Å². The molecule has 1 aromatic carbocycles. The Bertz CT molecular complexity index is 606. The van der Waals surface area contributed by atoms with Gasteiger partial charge in [0.15, 0.2) is 0 Å². The molecule has 0 saturated heterocycles. The standard InChI is InChI=1S/C15H12FNO2/c1-19-15(18)14-8-9-17-10-12(14)5-2-11-3-6-13(16)7-4-11/h2-10H,1H3/b5-2+. The summed E-state index contributed by atoms with van der Waals surface area (Å²) >= 11 is 0. The third-order valence-corrected chi connectivity index (χ3v) is 2.58. The molecule has 0 atom stereocenters. The Balaban J connectivity index is 2.28. The van der Waals surface area contributed by atoms with E-state index in [4.69, 9.17) is 4.74 Å². The maximum atomic E-state index is 12.8. The van der Waals surface area contributed by atoms with Gasteiger partial charge in [0.25, 0.3) is 0 Å². The largest absolute Gasteiger partial charge is 0.465 e. The summed E-state index contributed by atoms with van der Waals surface area (Å²) in [5.41, 5.74) is 1.93. The van der Waals surface area contributed by atoms with Gasteiger partial charge in [-0.15, -0.1) is 0 Å². The van der Waals surface area contributed by atoms with Crippen LogP contribution in [0, 0.1) is 5.82 Å². The monoisotopic (exact) mass is 257 g/mol. The molecule has 1 heterocycles. The number of halogens is 1. The summed E-state index contributed by atoms with van der Waals surface area (Å²) in [6.45, 7) is 0. The van der Waals surface area contributed by atoms with Crippen molar-refractivity contribution in [2.45, 2.75) is 0 Å². The lowest BCUT2D eigenvalue weighted by atomic mass is 10.1. The normalized spacial score (nSPS) is 10.6. The zero-order chi connectivity index (χ0) is 13.7. The second-order valence-electron chi connectivity index (χ2n) is 3.84. The topological polar surface area (TPSA) is 39.2 Å². The first-order chi connectivity index (χ1) is 9.20. The summed E-state index contributed by atoms with van der Waals surface area (Å²) in [5, 5.41) is 0. The third kappa shape index (κ3) is 3.25. The van der Waals surface area contributed by atoms with Gasteiger partial charge in [0.05, 0.1) is 12.7 Å². The number of rotatable bonds is 3. The van der Waals surface area contributed by atoms with Crippen LogP contribution in [0.25, 0.3) is 12.2 Å². The Kier molecular flexibility index (Phi) is 4.03. The lowest BCUT2D eigenvalue weighted by Gasteiger charge is -2.02. The van der Waals surface area contributed by atoms with E-state index in [-0.39, 0.29) is 5.82 Å². The number of ether oxygens (including phenoxy) is 1. The number of nitrogens with zero attached hydrogens (tertiary/aromatic N) is 1. The molecule has 96 valence electrons. The zero-order valence-corrected chi connectivity index (χ0v) is 10.3.